The predicted molar refractivity (Wildman–Crippen MR) is 101 cm³/mol. The molecule has 2 amide bonds. The molecule has 0 spiro atoms. The first-order valence-electron chi connectivity index (χ1n) is 8.99. The van der Waals surface area contributed by atoms with Crippen LogP contribution >= 0.6 is 0 Å². The molecule has 148 valence electrons. The fraction of sp³-hybridized carbons (Fsp3) is 0.526. The highest BCUT2D eigenvalue weighted by molar-refractivity contribution is 5.92. The van der Waals surface area contributed by atoms with Crippen LogP contribution in [0.1, 0.15) is 32.8 Å². The molecule has 1 heterocycles. The number of ether oxygens (including phenoxy) is 1. The second-order valence-electron chi connectivity index (χ2n) is 7.54. The average Bonchev–Trinajstić information content (AvgIpc) is 2.57. The van der Waals surface area contributed by atoms with Crippen LogP contribution in [0.5, 0.6) is 0 Å². The number of benzene rings is 1. The zero-order chi connectivity index (χ0) is 19.9. The molecule has 2 N–H and O–H groups in total. The summed E-state index contributed by atoms with van der Waals surface area (Å²) in [6.45, 7) is 7.63. The summed E-state index contributed by atoms with van der Waals surface area (Å²) in [6, 6.07) is 9.37. The minimum atomic E-state index is -0.641. The van der Waals surface area contributed by atoms with Crippen molar-refractivity contribution in [3.05, 3.63) is 35.9 Å². The maximum absolute atomic E-state index is 11.8. The summed E-state index contributed by atoms with van der Waals surface area (Å²) in [5.41, 5.74) is 0.471. The van der Waals surface area contributed by atoms with Crippen LogP contribution < -0.4 is 5.32 Å². The van der Waals surface area contributed by atoms with Crippen LogP contribution in [0.2, 0.25) is 0 Å². The summed E-state index contributed by atoms with van der Waals surface area (Å²) in [5.74, 6) is 0.376. The molecule has 1 aliphatic heterocycles. The second-order valence-corrected chi connectivity index (χ2v) is 7.54. The van der Waals surface area contributed by atoms with Crippen LogP contribution in [-0.2, 0) is 21.0 Å². The topological polar surface area (TPSA) is 95.0 Å². The molecule has 1 saturated heterocycles. The Bertz CT molecular complexity index is 639. The van der Waals surface area contributed by atoms with Gasteiger partial charge in [0.05, 0.1) is 5.60 Å². The van der Waals surface area contributed by atoms with Crippen molar-refractivity contribution in [3.63, 3.8) is 0 Å². The first-order chi connectivity index (χ1) is 12.8. The van der Waals surface area contributed by atoms with Crippen LogP contribution in [0.25, 0.3) is 0 Å². The van der Waals surface area contributed by atoms with Crippen molar-refractivity contribution in [1.29, 1.82) is 5.41 Å². The number of hydrogen-bond acceptors (Lipinski definition) is 5. The Labute approximate surface area is 159 Å². The Hall–Kier alpha value is -2.61. The highest BCUT2D eigenvalue weighted by Crippen LogP contribution is 2.20. The van der Waals surface area contributed by atoms with E-state index in [2.05, 4.69) is 5.32 Å². The van der Waals surface area contributed by atoms with Gasteiger partial charge < -0.3 is 9.64 Å². The molecule has 0 aromatic heterocycles. The van der Waals surface area contributed by atoms with Crippen molar-refractivity contribution in [2.75, 3.05) is 19.6 Å². The minimum Gasteiger partial charge on any atom is -0.444 e. The summed E-state index contributed by atoms with van der Waals surface area (Å²) in [5, 5.41) is 11.7. The zero-order valence-corrected chi connectivity index (χ0v) is 16.1. The third kappa shape index (κ3) is 7.26. The van der Waals surface area contributed by atoms with E-state index >= 15 is 0 Å². The number of likely N-dealkylation sites (tertiary alicyclic amines) is 1. The Balaban J connectivity index is 1.63. The van der Waals surface area contributed by atoms with Gasteiger partial charge in [0, 0.05) is 19.6 Å². The van der Waals surface area contributed by atoms with Crippen molar-refractivity contribution in [2.24, 2.45) is 5.92 Å². The Morgan fingerprint density at radius 1 is 1.33 bits per heavy atom. The third-order valence-electron chi connectivity index (χ3n) is 3.97. The number of alkyl carbamates (subject to hydrolysis) is 1. The van der Waals surface area contributed by atoms with Crippen molar-refractivity contribution in [3.8, 4) is 0 Å². The quantitative estimate of drug-likeness (QED) is 0.330. The summed E-state index contributed by atoms with van der Waals surface area (Å²) in [7, 11) is 0. The molecule has 0 aliphatic carbocycles. The minimum absolute atomic E-state index is 0.0301. The van der Waals surface area contributed by atoms with E-state index in [1.54, 1.807) is 4.90 Å². The molecule has 0 atom stereocenters. The fourth-order valence-electron chi connectivity index (χ4n) is 2.65. The largest absolute Gasteiger partial charge is 0.444 e. The van der Waals surface area contributed by atoms with Gasteiger partial charge in [-0.3, -0.25) is 20.4 Å². The Morgan fingerprint density at radius 2 is 2.00 bits per heavy atom. The monoisotopic (exact) mass is 376 g/mol. The Morgan fingerprint density at radius 3 is 2.59 bits per heavy atom. The highest BCUT2D eigenvalue weighted by Gasteiger charge is 2.30. The lowest BCUT2D eigenvalue weighted by atomic mass is 9.97. The van der Waals surface area contributed by atoms with Crippen LogP contribution in [-0.4, -0.2) is 53.7 Å². The molecule has 0 bridgehead atoms. The summed E-state index contributed by atoms with van der Waals surface area (Å²) in [6.07, 6.45) is 0.823. The van der Waals surface area contributed by atoms with Crippen LogP contribution in [0.15, 0.2) is 30.3 Å². The van der Waals surface area contributed by atoms with Gasteiger partial charge in [0.25, 0.3) is 0 Å². The first-order valence-corrected chi connectivity index (χ1v) is 8.99. The Kier molecular flexibility index (Phi) is 7.18. The number of guanidine groups is 1. The van der Waals surface area contributed by atoms with E-state index in [0.29, 0.717) is 32.0 Å². The van der Waals surface area contributed by atoms with E-state index in [9.17, 15) is 9.59 Å². The molecule has 1 aromatic rings. The van der Waals surface area contributed by atoms with Gasteiger partial charge in [-0.1, -0.05) is 30.3 Å². The molecule has 1 aromatic carbocycles. The van der Waals surface area contributed by atoms with E-state index < -0.39 is 11.7 Å². The molecular formula is C19H28N4O4. The lowest BCUT2D eigenvalue weighted by molar-refractivity contribution is -0.217. The number of hydrogen-bond donors (Lipinski definition) is 2. The van der Waals surface area contributed by atoms with Crippen molar-refractivity contribution < 1.29 is 19.2 Å². The maximum Gasteiger partial charge on any atom is 0.414 e. The number of carbonyl (C=O) groups excluding carboxylic acids is 2. The number of nitrogens with one attached hydrogen (secondary N) is 2. The fourth-order valence-corrected chi connectivity index (χ4v) is 2.65. The van der Waals surface area contributed by atoms with Crippen molar-refractivity contribution in [1.82, 2.24) is 15.3 Å². The third-order valence-corrected chi connectivity index (χ3v) is 3.97. The average molecular weight is 376 g/mol. The van der Waals surface area contributed by atoms with Gasteiger partial charge in [-0.2, -0.15) is 0 Å². The normalized spacial score (nSPS) is 14.3. The van der Waals surface area contributed by atoms with Crippen LogP contribution in [0, 0.1) is 11.3 Å². The molecule has 0 radical (unpaired) electrons. The molecule has 27 heavy (non-hydrogen) atoms. The van der Waals surface area contributed by atoms with E-state index in [1.807, 2.05) is 51.1 Å². The molecule has 0 saturated carbocycles. The lowest BCUT2D eigenvalue weighted by Crippen LogP contribution is -2.55. The van der Waals surface area contributed by atoms with Gasteiger partial charge in [-0.25, -0.2) is 9.86 Å². The molecular weight excluding hydrogens is 348 g/mol. The maximum atomic E-state index is 11.8. The first kappa shape index (κ1) is 20.7. The van der Waals surface area contributed by atoms with E-state index in [0.717, 1.165) is 12.0 Å². The number of nitrogens with zero attached hydrogens (tertiary/aromatic N) is 2. The van der Waals surface area contributed by atoms with Gasteiger partial charge in [0.15, 0.2) is 0 Å². The molecule has 8 heteroatoms. The van der Waals surface area contributed by atoms with Crippen LogP contribution in [0.4, 0.5) is 4.79 Å². The SMILES string of the molecule is CC(C)(C)ON(C=O)CCC1CN(C(=N)NC(=O)OCc2ccccc2)C1. The van der Waals surface area contributed by atoms with E-state index in [1.165, 1.54) is 5.06 Å². The van der Waals surface area contributed by atoms with Gasteiger partial charge in [-0.05, 0) is 38.7 Å². The number of hydroxylamine groups is 2. The zero-order valence-electron chi connectivity index (χ0n) is 16.1. The van der Waals surface area contributed by atoms with Gasteiger partial charge in [-0.15, -0.1) is 0 Å². The van der Waals surface area contributed by atoms with Crippen molar-refractivity contribution in [2.45, 2.75) is 39.4 Å². The number of rotatable bonds is 7. The lowest BCUT2D eigenvalue weighted by Gasteiger charge is -2.41. The smallest absolute Gasteiger partial charge is 0.414 e. The van der Waals surface area contributed by atoms with Gasteiger partial charge in [0.1, 0.15) is 6.61 Å². The summed E-state index contributed by atoms with van der Waals surface area (Å²) in [4.78, 5) is 30.1. The number of carbonyl (C=O) groups is 2. The molecule has 2 rings (SSSR count). The van der Waals surface area contributed by atoms with E-state index in [4.69, 9.17) is 15.0 Å². The summed E-state index contributed by atoms with van der Waals surface area (Å²) >= 11 is 0. The number of amides is 2. The molecule has 0 unspecified atom stereocenters. The van der Waals surface area contributed by atoms with Crippen molar-refractivity contribution >= 4 is 18.5 Å². The second kappa shape index (κ2) is 9.36. The van der Waals surface area contributed by atoms with Crippen LogP contribution in [0.3, 0.4) is 0 Å². The standard InChI is InChI=1S/C19H28N4O4/c1-19(2,3)27-23(14-24)10-9-16-11-22(12-16)17(20)21-18(25)26-13-15-7-5-4-6-8-15/h4-8,14,16H,9-13H2,1-3H3,(H2,20,21,25). The molecule has 8 nitrogen and oxygen atoms in total. The van der Waals surface area contributed by atoms with Gasteiger partial charge in [0.2, 0.25) is 12.4 Å². The van der Waals surface area contributed by atoms with E-state index in [-0.39, 0.29) is 12.6 Å². The molecule has 1 fully saturated rings. The highest BCUT2D eigenvalue weighted by atomic mass is 16.7. The van der Waals surface area contributed by atoms with Gasteiger partial charge >= 0.3 is 6.09 Å². The predicted octanol–water partition coefficient (Wildman–Crippen LogP) is 2.36. The summed E-state index contributed by atoms with van der Waals surface area (Å²) < 4.78 is 5.10. The molecule has 1 aliphatic rings.